The maximum absolute atomic E-state index is 10.8. The molecule has 1 N–H and O–H groups in total. The number of carbonyl (C=O) groups is 1. The lowest BCUT2D eigenvalue weighted by Gasteiger charge is -2.12. The first-order valence-electron chi connectivity index (χ1n) is 11.2. The first-order valence-corrected chi connectivity index (χ1v) is 11.2. The van der Waals surface area contributed by atoms with E-state index in [0.717, 1.165) is 27.9 Å². The van der Waals surface area contributed by atoms with Gasteiger partial charge in [-0.15, -0.1) is 15.0 Å². The van der Waals surface area contributed by atoms with Crippen LogP contribution in [-0.4, -0.2) is 39.3 Å². The van der Waals surface area contributed by atoms with E-state index in [1.54, 1.807) is 35.3 Å². The van der Waals surface area contributed by atoms with Gasteiger partial charge in [0, 0.05) is 12.0 Å². The van der Waals surface area contributed by atoms with E-state index >= 15 is 0 Å². The molecule has 0 radical (unpaired) electrons. The third-order valence-electron chi connectivity index (χ3n) is 5.36. The maximum atomic E-state index is 10.8. The molecule has 0 saturated carbocycles. The second-order valence-electron chi connectivity index (χ2n) is 7.90. The second kappa shape index (κ2) is 10.1. The summed E-state index contributed by atoms with van der Waals surface area (Å²) in [5, 5.41) is 18.1. The lowest BCUT2D eigenvalue weighted by atomic mass is 10.1. The fourth-order valence-corrected chi connectivity index (χ4v) is 3.67. The number of ether oxygens (including phenoxy) is 2. The van der Waals surface area contributed by atoms with Crippen molar-refractivity contribution in [2.75, 3.05) is 13.2 Å². The van der Waals surface area contributed by atoms with Crippen LogP contribution >= 0.6 is 0 Å². The highest BCUT2D eigenvalue weighted by Crippen LogP contribution is 2.30. The van der Waals surface area contributed by atoms with Crippen LogP contribution in [0.25, 0.3) is 28.0 Å². The van der Waals surface area contributed by atoms with Crippen molar-refractivity contribution in [3.05, 3.63) is 90.7 Å². The average Bonchev–Trinajstić information content (AvgIpc) is 3.55. The number of carboxylic acids is 1. The van der Waals surface area contributed by atoms with E-state index in [1.807, 2.05) is 54.6 Å². The molecule has 5 rings (SSSR count). The van der Waals surface area contributed by atoms with Crippen LogP contribution < -0.4 is 9.47 Å². The number of hydrogen-bond acceptors (Lipinski definition) is 6. The molecule has 8 nitrogen and oxygen atoms in total. The Kier molecular flexibility index (Phi) is 6.43. The SMILES string of the molecule is O=C(O)Cc1ccc(OCCCOc2ccc(-c3ccco3)cc2-n2nc3ccccc3n2)cc1. The van der Waals surface area contributed by atoms with Gasteiger partial charge in [-0.2, -0.15) is 0 Å². The minimum atomic E-state index is -0.856. The van der Waals surface area contributed by atoms with Crippen LogP contribution in [0.15, 0.2) is 89.5 Å². The van der Waals surface area contributed by atoms with Crippen LogP contribution in [-0.2, 0) is 11.2 Å². The van der Waals surface area contributed by atoms with Crippen LogP contribution in [0.2, 0.25) is 0 Å². The Labute approximate surface area is 201 Å². The third-order valence-corrected chi connectivity index (χ3v) is 5.36. The molecule has 2 heterocycles. The lowest BCUT2D eigenvalue weighted by molar-refractivity contribution is -0.136. The number of aliphatic carboxylic acids is 1. The summed E-state index contributed by atoms with van der Waals surface area (Å²) >= 11 is 0. The molecule has 0 amide bonds. The molecule has 0 saturated heterocycles. The number of fused-ring (bicyclic) bond motifs is 1. The maximum Gasteiger partial charge on any atom is 0.307 e. The summed E-state index contributed by atoms with van der Waals surface area (Å²) in [7, 11) is 0. The molecule has 0 bridgehead atoms. The zero-order valence-electron chi connectivity index (χ0n) is 18.8. The molecule has 176 valence electrons. The van der Waals surface area contributed by atoms with E-state index in [4.69, 9.17) is 19.0 Å². The van der Waals surface area contributed by atoms with Crippen molar-refractivity contribution in [1.29, 1.82) is 0 Å². The van der Waals surface area contributed by atoms with Gasteiger partial charge in [0.25, 0.3) is 0 Å². The van der Waals surface area contributed by atoms with Crippen molar-refractivity contribution < 1.29 is 23.8 Å². The van der Waals surface area contributed by atoms with Crippen molar-refractivity contribution in [3.63, 3.8) is 0 Å². The lowest BCUT2D eigenvalue weighted by Crippen LogP contribution is -2.08. The zero-order valence-corrected chi connectivity index (χ0v) is 18.8. The molecule has 35 heavy (non-hydrogen) atoms. The van der Waals surface area contributed by atoms with Gasteiger partial charge in [-0.1, -0.05) is 24.3 Å². The van der Waals surface area contributed by atoms with Crippen molar-refractivity contribution in [2.45, 2.75) is 12.8 Å². The van der Waals surface area contributed by atoms with E-state index in [1.165, 1.54) is 0 Å². The Morgan fingerprint density at radius 1 is 0.886 bits per heavy atom. The first-order chi connectivity index (χ1) is 17.2. The summed E-state index contributed by atoms with van der Waals surface area (Å²) in [4.78, 5) is 12.4. The zero-order chi connectivity index (χ0) is 24.0. The van der Waals surface area contributed by atoms with Gasteiger partial charge in [-0.3, -0.25) is 4.79 Å². The van der Waals surface area contributed by atoms with Gasteiger partial charge in [0.2, 0.25) is 0 Å². The van der Waals surface area contributed by atoms with Gasteiger partial charge < -0.3 is 19.0 Å². The van der Waals surface area contributed by atoms with Crippen molar-refractivity contribution in [3.8, 4) is 28.5 Å². The normalized spacial score (nSPS) is 11.0. The molecule has 0 fully saturated rings. The monoisotopic (exact) mass is 469 g/mol. The highest BCUT2D eigenvalue weighted by molar-refractivity contribution is 5.74. The van der Waals surface area contributed by atoms with Gasteiger partial charge in [-0.25, -0.2) is 0 Å². The molecule has 0 unspecified atom stereocenters. The van der Waals surface area contributed by atoms with E-state index in [-0.39, 0.29) is 6.42 Å². The van der Waals surface area contributed by atoms with E-state index in [2.05, 4.69) is 10.2 Å². The summed E-state index contributed by atoms with van der Waals surface area (Å²) in [5.41, 5.74) is 3.94. The fraction of sp³-hybridized carbons (Fsp3) is 0.148. The number of hydrogen-bond donors (Lipinski definition) is 1. The van der Waals surface area contributed by atoms with Crippen LogP contribution in [0.4, 0.5) is 0 Å². The molecule has 0 atom stereocenters. The highest BCUT2D eigenvalue weighted by atomic mass is 16.5. The van der Waals surface area contributed by atoms with E-state index in [0.29, 0.717) is 36.8 Å². The summed E-state index contributed by atoms with van der Waals surface area (Å²) in [6.45, 7) is 0.896. The minimum Gasteiger partial charge on any atom is -0.493 e. The standard InChI is InChI=1S/C27H23N3O5/c31-27(32)17-19-8-11-21(12-9-19)33-15-4-16-35-26-13-10-20(25-7-3-14-34-25)18-24(26)30-28-22-5-1-2-6-23(22)29-30/h1-3,5-14,18H,4,15-17H2,(H,31,32). The molecular formula is C27H23N3O5. The molecule has 8 heteroatoms. The number of nitrogens with zero attached hydrogens (tertiary/aromatic N) is 3. The predicted octanol–water partition coefficient (Wildman–Crippen LogP) is 5.16. The van der Waals surface area contributed by atoms with Gasteiger partial charge in [0.1, 0.15) is 34.0 Å². The highest BCUT2D eigenvalue weighted by Gasteiger charge is 2.13. The Balaban J connectivity index is 1.26. The summed E-state index contributed by atoms with van der Waals surface area (Å²) < 4.78 is 17.4. The smallest absolute Gasteiger partial charge is 0.307 e. The van der Waals surface area contributed by atoms with Gasteiger partial charge >= 0.3 is 5.97 Å². The Hall–Kier alpha value is -4.59. The third kappa shape index (κ3) is 5.33. The molecule has 5 aromatic rings. The molecule has 0 spiro atoms. The number of aromatic nitrogens is 3. The van der Waals surface area contributed by atoms with E-state index < -0.39 is 5.97 Å². The van der Waals surface area contributed by atoms with Crippen molar-refractivity contribution in [1.82, 2.24) is 15.0 Å². The molecule has 0 aliphatic rings. The van der Waals surface area contributed by atoms with Crippen LogP contribution in [0, 0.1) is 0 Å². The Morgan fingerprint density at radius 2 is 1.63 bits per heavy atom. The average molecular weight is 469 g/mol. The number of furan rings is 1. The Morgan fingerprint density at radius 3 is 2.31 bits per heavy atom. The molecule has 3 aromatic carbocycles. The summed E-state index contributed by atoms with van der Waals surface area (Å²) in [6.07, 6.45) is 2.29. The molecular weight excluding hydrogens is 446 g/mol. The van der Waals surface area contributed by atoms with Crippen LogP contribution in [0.5, 0.6) is 11.5 Å². The molecule has 2 aromatic heterocycles. The first kappa shape index (κ1) is 22.2. The van der Waals surface area contributed by atoms with Crippen LogP contribution in [0.3, 0.4) is 0 Å². The topological polar surface area (TPSA) is 99.6 Å². The van der Waals surface area contributed by atoms with Crippen molar-refractivity contribution >= 4 is 17.0 Å². The van der Waals surface area contributed by atoms with Gasteiger partial charge in [0.05, 0.1) is 25.9 Å². The molecule has 0 aliphatic carbocycles. The second-order valence-corrected chi connectivity index (χ2v) is 7.90. The Bertz CT molecular complexity index is 1390. The largest absolute Gasteiger partial charge is 0.493 e. The fourth-order valence-electron chi connectivity index (χ4n) is 3.67. The van der Waals surface area contributed by atoms with Crippen LogP contribution in [0.1, 0.15) is 12.0 Å². The quantitative estimate of drug-likeness (QED) is 0.282. The van der Waals surface area contributed by atoms with E-state index in [9.17, 15) is 4.79 Å². The molecule has 0 aliphatic heterocycles. The van der Waals surface area contributed by atoms with Gasteiger partial charge in [0.15, 0.2) is 0 Å². The minimum absolute atomic E-state index is 0.00413. The summed E-state index contributed by atoms with van der Waals surface area (Å²) in [5.74, 6) is 1.23. The van der Waals surface area contributed by atoms with Gasteiger partial charge in [-0.05, 0) is 60.2 Å². The number of carboxylic acid groups (broad SMARTS) is 1. The predicted molar refractivity (Wildman–Crippen MR) is 130 cm³/mol. The number of benzene rings is 3. The summed E-state index contributed by atoms with van der Waals surface area (Å²) in [6, 6.07) is 24.3. The number of rotatable bonds is 10. The van der Waals surface area contributed by atoms with Crippen molar-refractivity contribution in [2.24, 2.45) is 0 Å².